The molecule has 4 aromatic rings. The second-order valence-corrected chi connectivity index (χ2v) is 6.96. The third-order valence-corrected chi connectivity index (χ3v) is 4.79. The van der Waals surface area contributed by atoms with Crippen molar-refractivity contribution in [3.8, 4) is 0 Å². The van der Waals surface area contributed by atoms with Gasteiger partial charge in [-0.1, -0.05) is 58.4 Å². The van der Waals surface area contributed by atoms with E-state index in [1.807, 2.05) is 66.9 Å². The number of aromatic amines is 1. The molecule has 0 aliphatic heterocycles. The number of hydrogen-bond donors (Lipinski definition) is 2. The molecule has 0 saturated heterocycles. The van der Waals surface area contributed by atoms with Gasteiger partial charge in [0.2, 0.25) is 5.91 Å². The Hall–Kier alpha value is -2.92. The molecule has 0 aliphatic carbocycles. The van der Waals surface area contributed by atoms with E-state index in [1.165, 1.54) is 0 Å². The van der Waals surface area contributed by atoms with E-state index in [1.54, 1.807) is 6.21 Å². The third-order valence-electron chi connectivity index (χ3n) is 4.30. The van der Waals surface area contributed by atoms with Gasteiger partial charge in [-0.25, -0.2) is 5.43 Å². The van der Waals surface area contributed by atoms with Crippen LogP contribution in [0.3, 0.4) is 0 Å². The average Bonchev–Trinajstić information content (AvgIpc) is 3.04. The molecule has 0 atom stereocenters. The first kappa shape index (κ1) is 16.5. The minimum Gasteiger partial charge on any atom is -0.361 e. The van der Waals surface area contributed by atoms with Gasteiger partial charge >= 0.3 is 0 Å². The molecule has 4 nitrogen and oxygen atoms in total. The van der Waals surface area contributed by atoms with E-state index in [4.69, 9.17) is 0 Å². The number of halogens is 1. The summed E-state index contributed by atoms with van der Waals surface area (Å²) in [7, 11) is 0. The molecule has 1 heterocycles. The monoisotopic (exact) mass is 405 g/mol. The molecule has 3 aromatic carbocycles. The Bertz CT molecular complexity index is 1130. The van der Waals surface area contributed by atoms with Crippen molar-refractivity contribution in [3.05, 3.63) is 82.5 Å². The predicted octanol–water partition coefficient (Wildman–Crippen LogP) is 4.78. The predicted molar refractivity (Wildman–Crippen MR) is 109 cm³/mol. The van der Waals surface area contributed by atoms with Crippen LogP contribution in [0.1, 0.15) is 11.1 Å². The number of nitrogens with one attached hydrogen (secondary N) is 2. The summed E-state index contributed by atoms with van der Waals surface area (Å²) in [6.45, 7) is 0. The molecule has 0 radical (unpaired) electrons. The quantitative estimate of drug-likeness (QED) is 0.372. The summed E-state index contributed by atoms with van der Waals surface area (Å²) in [5, 5.41) is 7.38. The molecule has 0 spiro atoms. The molecule has 0 fully saturated rings. The molecule has 2 N–H and O–H groups in total. The van der Waals surface area contributed by atoms with E-state index < -0.39 is 0 Å². The molecule has 1 aromatic heterocycles. The van der Waals surface area contributed by atoms with Crippen LogP contribution in [-0.2, 0) is 11.2 Å². The molecule has 0 bridgehead atoms. The van der Waals surface area contributed by atoms with Crippen molar-refractivity contribution < 1.29 is 4.79 Å². The van der Waals surface area contributed by atoms with Gasteiger partial charge in [-0.05, 0) is 34.5 Å². The zero-order valence-corrected chi connectivity index (χ0v) is 15.5. The van der Waals surface area contributed by atoms with Gasteiger partial charge in [0, 0.05) is 27.1 Å². The van der Waals surface area contributed by atoms with Crippen LogP contribution in [0, 0.1) is 0 Å². The van der Waals surface area contributed by atoms with Crippen molar-refractivity contribution in [3.63, 3.8) is 0 Å². The van der Waals surface area contributed by atoms with Crippen molar-refractivity contribution in [2.75, 3.05) is 0 Å². The van der Waals surface area contributed by atoms with Crippen molar-refractivity contribution >= 4 is 49.7 Å². The number of nitrogens with zero attached hydrogens (tertiary/aromatic N) is 1. The number of carbonyl (C=O) groups is 1. The van der Waals surface area contributed by atoms with Gasteiger partial charge in [0.15, 0.2) is 0 Å². The normalized spacial score (nSPS) is 11.4. The standard InChI is InChI=1S/C21H16BrN3O/c22-17-8-9-20-19(11-17)16(12-23-20)13-24-25-21(26)10-15-6-3-5-14-4-1-2-7-18(14)15/h1-9,11-13,23H,10H2,(H,25,26)/b24-13-. The van der Waals surface area contributed by atoms with E-state index in [0.717, 1.165) is 37.3 Å². The fourth-order valence-electron chi connectivity index (χ4n) is 3.05. The zero-order valence-electron chi connectivity index (χ0n) is 13.9. The maximum atomic E-state index is 12.3. The van der Waals surface area contributed by atoms with Gasteiger partial charge in [-0.15, -0.1) is 0 Å². The Morgan fingerprint density at radius 2 is 1.92 bits per heavy atom. The number of aromatic nitrogens is 1. The lowest BCUT2D eigenvalue weighted by molar-refractivity contribution is -0.120. The van der Waals surface area contributed by atoms with Crippen molar-refractivity contribution in [1.29, 1.82) is 0 Å². The second kappa shape index (κ2) is 7.14. The second-order valence-electron chi connectivity index (χ2n) is 6.04. The summed E-state index contributed by atoms with van der Waals surface area (Å²) in [6, 6.07) is 20.0. The van der Waals surface area contributed by atoms with E-state index >= 15 is 0 Å². The van der Waals surface area contributed by atoms with E-state index in [9.17, 15) is 4.79 Å². The Morgan fingerprint density at radius 1 is 1.08 bits per heavy atom. The first-order valence-corrected chi connectivity index (χ1v) is 9.05. The molecule has 1 amide bonds. The molecule has 0 saturated carbocycles. The van der Waals surface area contributed by atoms with Crippen LogP contribution in [0.5, 0.6) is 0 Å². The lowest BCUT2D eigenvalue weighted by Crippen LogP contribution is -2.19. The van der Waals surface area contributed by atoms with Crippen molar-refractivity contribution in [2.45, 2.75) is 6.42 Å². The smallest absolute Gasteiger partial charge is 0.244 e. The van der Waals surface area contributed by atoms with Crippen LogP contribution in [0.15, 0.2) is 76.4 Å². The molecular weight excluding hydrogens is 390 g/mol. The summed E-state index contributed by atoms with van der Waals surface area (Å²) in [5.41, 5.74) is 5.56. The van der Waals surface area contributed by atoms with Crippen LogP contribution in [0.4, 0.5) is 0 Å². The lowest BCUT2D eigenvalue weighted by atomic mass is 10.0. The minimum absolute atomic E-state index is 0.140. The number of H-pyrrole nitrogens is 1. The Morgan fingerprint density at radius 3 is 2.85 bits per heavy atom. The average molecular weight is 406 g/mol. The van der Waals surface area contributed by atoms with E-state index in [0.29, 0.717) is 0 Å². The fraction of sp³-hybridized carbons (Fsp3) is 0.0476. The highest BCUT2D eigenvalue weighted by atomic mass is 79.9. The maximum absolute atomic E-state index is 12.3. The number of amides is 1. The van der Waals surface area contributed by atoms with Crippen LogP contribution in [0.25, 0.3) is 21.7 Å². The van der Waals surface area contributed by atoms with E-state index in [2.05, 4.69) is 31.4 Å². The van der Waals surface area contributed by atoms with Gasteiger partial charge in [-0.3, -0.25) is 4.79 Å². The Kier molecular flexibility index (Phi) is 4.54. The van der Waals surface area contributed by atoms with Gasteiger partial charge in [-0.2, -0.15) is 5.10 Å². The molecular formula is C21H16BrN3O. The van der Waals surface area contributed by atoms with Gasteiger partial charge in [0.1, 0.15) is 0 Å². The summed E-state index contributed by atoms with van der Waals surface area (Å²) in [4.78, 5) is 15.5. The SMILES string of the molecule is O=C(Cc1cccc2ccccc12)N/N=C\c1c[nH]c2ccc(Br)cc12. The third kappa shape index (κ3) is 3.39. The molecule has 5 heteroatoms. The lowest BCUT2D eigenvalue weighted by Gasteiger charge is -2.05. The summed E-state index contributed by atoms with van der Waals surface area (Å²) < 4.78 is 0.999. The number of rotatable bonds is 4. The van der Waals surface area contributed by atoms with Crippen LogP contribution < -0.4 is 5.43 Å². The first-order chi connectivity index (χ1) is 12.7. The van der Waals surface area contributed by atoms with Gasteiger partial charge in [0.05, 0.1) is 12.6 Å². The Balaban J connectivity index is 1.48. The summed E-state index contributed by atoms with van der Waals surface area (Å²) in [5.74, 6) is -0.140. The molecule has 26 heavy (non-hydrogen) atoms. The molecule has 0 unspecified atom stereocenters. The largest absolute Gasteiger partial charge is 0.361 e. The molecule has 0 aliphatic rings. The molecule has 128 valence electrons. The number of hydrazone groups is 1. The molecule has 4 rings (SSSR count). The maximum Gasteiger partial charge on any atom is 0.244 e. The fourth-order valence-corrected chi connectivity index (χ4v) is 3.42. The van der Waals surface area contributed by atoms with Crippen LogP contribution in [-0.4, -0.2) is 17.1 Å². The summed E-state index contributed by atoms with van der Waals surface area (Å²) >= 11 is 3.47. The number of hydrogen-bond acceptors (Lipinski definition) is 2. The number of carbonyl (C=O) groups excluding carboxylic acids is 1. The van der Waals surface area contributed by atoms with E-state index in [-0.39, 0.29) is 12.3 Å². The minimum atomic E-state index is -0.140. The van der Waals surface area contributed by atoms with Crippen molar-refractivity contribution in [2.24, 2.45) is 5.10 Å². The highest BCUT2D eigenvalue weighted by molar-refractivity contribution is 9.10. The van der Waals surface area contributed by atoms with Gasteiger partial charge in [0.25, 0.3) is 0 Å². The Labute approximate surface area is 159 Å². The first-order valence-electron chi connectivity index (χ1n) is 8.26. The topological polar surface area (TPSA) is 57.2 Å². The zero-order chi connectivity index (χ0) is 17.9. The number of benzene rings is 3. The number of fused-ring (bicyclic) bond motifs is 2. The highest BCUT2D eigenvalue weighted by Gasteiger charge is 2.06. The summed E-state index contributed by atoms with van der Waals surface area (Å²) in [6.07, 6.45) is 3.82. The highest BCUT2D eigenvalue weighted by Crippen LogP contribution is 2.21. The van der Waals surface area contributed by atoms with Crippen molar-refractivity contribution in [1.82, 2.24) is 10.4 Å². The van der Waals surface area contributed by atoms with Crippen LogP contribution in [0.2, 0.25) is 0 Å². The van der Waals surface area contributed by atoms with Crippen LogP contribution >= 0.6 is 15.9 Å². The van der Waals surface area contributed by atoms with Gasteiger partial charge < -0.3 is 4.98 Å².